The molecule has 94 valence electrons. The van der Waals surface area contributed by atoms with Crippen molar-refractivity contribution in [1.29, 1.82) is 5.41 Å². The number of thioether (sulfide) groups is 1. The minimum Gasteiger partial charge on any atom is -0.293 e. The highest BCUT2D eigenvalue weighted by Crippen LogP contribution is 2.28. The minimum atomic E-state index is 0.676. The molecule has 1 rings (SSSR count). The lowest BCUT2D eigenvalue weighted by molar-refractivity contribution is 1.44. The number of allylic oxidation sites excluding steroid dienone is 3. The van der Waals surface area contributed by atoms with Gasteiger partial charge in [-0.15, -0.1) is 6.58 Å². The molecule has 0 fully saturated rings. The van der Waals surface area contributed by atoms with Gasteiger partial charge in [0.25, 0.3) is 0 Å². The van der Waals surface area contributed by atoms with E-state index in [1.165, 1.54) is 17.3 Å². The lowest BCUT2D eigenvalue weighted by atomic mass is 10.1. The van der Waals surface area contributed by atoms with Crippen LogP contribution in [0, 0.1) is 5.41 Å². The quantitative estimate of drug-likeness (QED) is 0.446. The highest BCUT2D eigenvalue weighted by molar-refractivity contribution is 8.17. The second kappa shape index (κ2) is 17.0. The molecule has 0 atom stereocenters. The normalized spacial score (nSPS) is 14.6. The van der Waals surface area contributed by atoms with Gasteiger partial charge in [0.2, 0.25) is 0 Å². The summed E-state index contributed by atoms with van der Waals surface area (Å²) in [5.41, 5.74) is 2.30. The van der Waals surface area contributed by atoms with Gasteiger partial charge < -0.3 is 0 Å². The van der Waals surface area contributed by atoms with Gasteiger partial charge in [0.15, 0.2) is 0 Å². The van der Waals surface area contributed by atoms with E-state index in [1.807, 2.05) is 46.1 Å². The predicted molar refractivity (Wildman–Crippen MR) is 85.0 cm³/mol. The monoisotopic (exact) mass is 259 g/mol. The Morgan fingerprint density at radius 2 is 1.69 bits per heavy atom. The standard InChI is InChI=1S/C7H9NS.C3H6.C2H6.CH4S/c1-3-6-5(2)4-9-7(6)8;1-3-2;2*1-2/h3-4,8H,1-2H3;3H,1H2,2H3;1-2H3;2H,1H3/b6-3-,8-7?;;;. The summed E-state index contributed by atoms with van der Waals surface area (Å²) in [5.74, 6) is 0. The third-order valence-electron chi connectivity index (χ3n) is 1.31. The zero-order valence-corrected chi connectivity index (χ0v) is 13.0. The first-order valence-corrected chi connectivity index (χ1v) is 7.05. The second-order valence-corrected chi connectivity index (χ2v) is 3.24. The fourth-order valence-electron chi connectivity index (χ4n) is 0.812. The van der Waals surface area contributed by atoms with E-state index < -0.39 is 0 Å². The van der Waals surface area contributed by atoms with Crippen LogP contribution in [0.5, 0.6) is 0 Å². The van der Waals surface area contributed by atoms with Gasteiger partial charge in [0.1, 0.15) is 0 Å². The summed E-state index contributed by atoms with van der Waals surface area (Å²) >= 11 is 5.02. The molecule has 0 radical (unpaired) electrons. The number of thiol groups is 1. The van der Waals surface area contributed by atoms with Crippen molar-refractivity contribution < 1.29 is 0 Å². The van der Waals surface area contributed by atoms with E-state index in [4.69, 9.17) is 5.41 Å². The summed E-state index contributed by atoms with van der Waals surface area (Å²) in [6, 6.07) is 0. The van der Waals surface area contributed by atoms with E-state index in [1.54, 1.807) is 12.3 Å². The van der Waals surface area contributed by atoms with Crippen LogP contribution in [0.4, 0.5) is 0 Å². The van der Waals surface area contributed by atoms with Gasteiger partial charge in [-0.2, -0.15) is 12.6 Å². The lowest BCUT2D eigenvalue weighted by Gasteiger charge is -1.94. The van der Waals surface area contributed by atoms with Gasteiger partial charge in [0.05, 0.1) is 5.04 Å². The van der Waals surface area contributed by atoms with Crippen LogP contribution in [0.25, 0.3) is 0 Å². The molecule has 1 nitrogen and oxygen atoms in total. The van der Waals surface area contributed by atoms with Crippen molar-refractivity contribution >= 4 is 29.4 Å². The van der Waals surface area contributed by atoms with E-state index in [0.29, 0.717) is 5.04 Å². The van der Waals surface area contributed by atoms with E-state index in [2.05, 4.69) is 19.2 Å². The molecular formula is C13H25NS2. The number of nitrogens with one attached hydrogen (secondary N) is 1. The first-order valence-electron chi connectivity index (χ1n) is 5.28. The molecule has 0 aromatic heterocycles. The first kappa shape index (κ1) is 20.9. The average Bonchev–Trinajstić information content (AvgIpc) is 2.65. The zero-order chi connectivity index (χ0) is 13.6. The average molecular weight is 259 g/mol. The molecule has 0 amide bonds. The van der Waals surface area contributed by atoms with Crippen LogP contribution in [0.2, 0.25) is 0 Å². The van der Waals surface area contributed by atoms with Crippen molar-refractivity contribution in [3.05, 3.63) is 35.3 Å². The maximum absolute atomic E-state index is 7.38. The van der Waals surface area contributed by atoms with Gasteiger partial charge in [-0.3, -0.25) is 5.41 Å². The Labute approximate surface area is 111 Å². The Hall–Kier alpha value is -0.410. The summed E-state index contributed by atoms with van der Waals surface area (Å²) in [4.78, 5) is 0. The first-order chi connectivity index (χ1) is 7.67. The van der Waals surface area contributed by atoms with Crippen LogP contribution in [0.15, 0.2) is 35.3 Å². The van der Waals surface area contributed by atoms with Gasteiger partial charge in [0, 0.05) is 5.57 Å². The summed E-state index contributed by atoms with van der Waals surface area (Å²) in [7, 11) is 0. The molecule has 1 aliphatic heterocycles. The SMILES string of the molecule is C/C=C1\C(=N)SC=C1C.C=CC.CC.CS. The molecule has 3 heteroatoms. The van der Waals surface area contributed by atoms with Gasteiger partial charge in [-0.1, -0.05) is 37.8 Å². The molecule has 16 heavy (non-hydrogen) atoms. The molecule has 1 heterocycles. The van der Waals surface area contributed by atoms with Crippen molar-refractivity contribution in [3.63, 3.8) is 0 Å². The summed E-state index contributed by atoms with van der Waals surface area (Å²) in [6.07, 6.45) is 5.42. The maximum Gasteiger partial charge on any atom is 0.0984 e. The van der Waals surface area contributed by atoms with Gasteiger partial charge in [-0.05, 0) is 38.0 Å². The van der Waals surface area contributed by atoms with Crippen molar-refractivity contribution in [2.45, 2.75) is 34.6 Å². The molecule has 0 unspecified atom stereocenters. The summed E-state index contributed by atoms with van der Waals surface area (Å²) in [6.45, 7) is 13.2. The van der Waals surface area contributed by atoms with Crippen LogP contribution >= 0.6 is 24.4 Å². The molecule has 0 aromatic carbocycles. The molecule has 0 aliphatic carbocycles. The van der Waals surface area contributed by atoms with Crippen LogP contribution < -0.4 is 0 Å². The lowest BCUT2D eigenvalue weighted by Crippen LogP contribution is -1.88. The maximum atomic E-state index is 7.38. The van der Waals surface area contributed by atoms with Crippen molar-refractivity contribution in [2.24, 2.45) is 0 Å². The van der Waals surface area contributed by atoms with Crippen LogP contribution in [0.1, 0.15) is 34.6 Å². The molecule has 1 aliphatic rings. The predicted octanol–water partition coefficient (Wildman–Crippen LogP) is 5.33. The Morgan fingerprint density at radius 1 is 1.31 bits per heavy atom. The molecule has 0 bridgehead atoms. The van der Waals surface area contributed by atoms with Gasteiger partial charge in [-0.25, -0.2) is 0 Å². The van der Waals surface area contributed by atoms with E-state index in [0.717, 1.165) is 5.57 Å². The Balaban J connectivity index is -0.000000206. The van der Waals surface area contributed by atoms with Crippen LogP contribution in [0.3, 0.4) is 0 Å². The number of hydrogen-bond donors (Lipinski definition) is 2. The largest absolute Gasteiger partial charge is 0.293 e. The topological polar surface area (TPSA) is 23.9 Å². The van der Waals surface area contributed by atoms with E-state index >= 15 is 0 Å². The summed E-state index contributed by atoms with van der Waals surface area (Å²) < 4.78 is 0. The molecular weight excluding hydrogens is 234 g/mol. The number of hydrogen-bond acceptors (Lipinski definition) is 3. The third-order valence-corrected chi connectivity index (χ3v) is 2.24. The van der Waals surface area contributed by atoms with E-state index in [9.17, 15) is 0 Å². The molecule has 1 N–H and O–H groups in total. The highest BCUT2D eigenvalue weighted by atomic mass is 32.2. The molecule has 0 spiro atoms. The zero-order valence-electron chi connectivity index (χ0n) is 11.3. The minimum absolute atomic E-state index is 0.676. The van der Waals surface area contributed by atoms with Crippen LogP contribution in [-0.2, 0) is 0 Å². The Morgan fingerprint density at radius 3 is 1.81 bits per heavy atom. The Bertz CT molecular complexity index is 240. The van der Waals surface area contributed by atoms with E-state index in [-0.39, 0.29) is 0 Å². The fraction of sp³-hybridized carbons (Fsp3) is 0.462. The number of rotatable bonds is 0. The van der Waals surface area contributed by atoms with Crippen molar-refractivity contribution in [2.75, 3.05) is 6.26 Å². The summed E-state index contributed by atoms with van der Waals surface area (Å²) in [5, 5.41) is 10.1. The molecule has 0 aromatic rings. The molecule has 0 saturated heterocycles. The van der Waals surface area contributed by atoms with Crippen molar-refractivity contribution in [1.82, 2.24) is 0 Å². The van der Waals surface area contributed by atoms with Gasteiger partial charge >= 0.3 is 0 Å². The van der Waals surface area contributed by atoms with Crippen molar-refractivity contribution in [3.8, 4) is 0 Å². The molecule has 0 saturated carbocycles. The fourth-order valence-corrected chi connectivity index (χ4v) is 1.64. The Kier molecular flexibility index (Phi) is 22.2. The highest BCUT2D eigenvalue weighted by Gasteiger charge is 2.11. The third kappa shape index (κ3) is 10.1. The second-order valence-electron chi connectivity index (χ2n) is 2.36. The smallest absolute Gasteiger partial charge is 0.0984 e. The van der Waals surface area contributed by atoms with Crippen LogP contribution in [-0.4, -0.2) is 11.3 Å².